The zero-order chi connectivity index (χ0) is 16.5. The second-order valence-corrected chi connectivity index (χ2v) is 4.93. The zero-order valence-corrected chi connectivity index (χ0v) is 11.2. The number of nitrogens with zero attached hydrogens (tertiary/aromatic N) is 3. The molecule has 0 unspecified atom stereocenters. The summed E-state index contributed by atoms with van der Waals surface area (Å²) in [7, 11) is 0. The average Bonchev–Trinajstić information content (AvgIpc) is 2.46. The molecule has 0 spiro atoms. The summed E-state index contributed by atoms with van der Waals surface area (Å²) < 4.78 is 52.5. The largest absolute Gasteiger partial charge is 0.479 e. The Hall–Kier alpha value is -2.37. The number of piperidine rings is 1. The monoisotopic (exact) mass is 317 g/mol. The summed E-state index contributed by atoms with van der Waals surface area (Å²) in [5.74, 6) is -2.32. The molecule has 118 valence electrons. The van der Waals surface area contributed by atoms with Gasteiger partial charge >= 0.3 is 12.1 Å². The first-order chi connectivity index (χ1) is 10.2. The average molecular weight is 317 g/mol. The summed E-state index contributed by atoms with van der Waals surface area (Å²) in [6.45, 7) is 6.63. The number of carboxylic acids is 1. The number of rotatable bonds is 2. The minimum Gasteiger partial charge on any atom is -0.479 e. The maximum absolute atomic E-state index is 13.9. The van der Waals surface area contributed by atoms with Gasteiger partial charge in [0.2, 0.25) is 5.67 Å². The normalized spacial score (nSPS) is 17.9. The fourth-order valence-corrected chi connectivity index (χ4v) is 2.25. The molecule has 0 atom stereocenters. The van der Waals surface area contributed by atoms with Gasteiger partial charge in [0.05, 0.1) is 11.3 Å². The third kappa shape index (κ3) is 2.95. The van der Waals surface area contributed by atoms with Crippen LogP contribution in [0.2, 0.25) is 0 Å². The van der Waals surface area contributed by atoms with Crippen LogP contribution in [0.4, 0.5) is 29.1 Å². The van der Waals surface area contributed by atoms with Gasteiger partial charge in [-0.1, -0.05) is 6.57 Å². The van der Waals surface area contributed by atoms with Crippen LogP contribution in [0.1, 0.15) is 18.4 Å². The highest BCUT2D eigenvalue weighted by molar-refractivity contribution is 5.77. The van der Waals surface area contributed by atoms with Gasteiger partial charge in [-0.2, -0.15) is 13.2 Å². The first-order valence-corrected chi connectivity index (χ1v) is 6.29. The van der Waals surface area contributed by atoms with Gasteiger partial charge in [-0.3, -0.25) is 0 Å². The Morgan fingerprint density at radius 2 is 2.00 bits per heavy atom. The van der Waals surface area contributed by atoms with E-state index in [4.69, 9.17) is 11.7 Å². The van der Waals surface area contributed by atoms with E-state index >= 15 is 0 Å². The summed E-state index contributed by atoms with van der Waals surface area (Å²) in [6.07, 6.45) is -4.26. The van der Waals surface area contributed by atoms with Gasteiger partial charge in [0.25, 0.3) is 5.82 Å². The molecule has 0 amide bonds. The SMILES string of the molecule is [C-]#[N+]c1ncc(N2CCC(F)(C(=O)O)CC2)cc1C(F)(F)F. The van der Waals surface area contributed by atoms with Crippen molar-refractivity contribution in [2.24, 2.45) is 0 Å². The molecule has 1 aliphatic heterocycles. The lowest BCUT2D eigenvalue weighted by Gasteiger charge is -2.34. The Kier molecular flexibility index (Phi) is 3.96. The molecular weight excluding hydrogens is 306 g/mol. The summed E-state index contributed by atoms with van der Waals surface area (Å²) in [5, 5.41) is 8.79. The highest BCUT2D eigenvalue weighted by Gasteiger charge is 2.42. The minimum atomic E-state index is -4.72. The summed E-state index contributed by atoms with van der Waals surface area (Å²) in [6, 6.07) is 0.784. The van der Waals surface area contributed by atoms with E-state index in [1.807, 2.05) is 0 Å². The lowest BCUT2D eigenvalue weighted by atomic mass is 9.93. The van der Waals surface area contributed by atoms with Gasteiger partial charge in [0, 0.05) is 25.9 Å². The Labute approximate surface area is 123 Å². The Morgan fingerprint density at radius 3 is 2.45 bits per heavy atom. The number of pyridine rings is 1. The van der Waals surface area contributed by atoms with Crippen molar-refractivity contribution in [1.29, 1.82) is 0 Å². The fourth-order valence-electron chi connectivity index (χ4n) is 2.25. The van der Waals surface area contributed by atoms with Gasteiger partial charge in [-0.25, -0.2) is 9.18 Å². The molecule has 1 aliphatic rings. The third-order valence-electron chi connectivity index (χ3n) is 3.57. The molecule has 22 heavy (non-hydrogen) atoms. The van der Waals surface area contributed by atoms with Crippen LogP contribution in [0.3, 0.4) is 0 Å². The van der Waals surface area contributed by atoms with Crippen molar-refractivity contribution in [2.45, 2.75) is 24.7 Å². The third-order valence-corrected chi connectivity index (χ3v) is 3.57. The molecule has 5 nitrogen and oxygen atoms in total. The molecule has 1 N–H and O–H groups in total. The summed E-state index contributed by atoms with van der Waals surface area (Å²) in [5.41, 5.74) is -3.42. The molecule has 1 saturated heterocycles. The number of anilines is 1. The first kappa shape index (κ1) is 16.0. The van der Waals surface area contributed by atoms with E-state index in [9.17, 15) is 22.4 Å². The van der Waals surface area contributed by atoms with Crippen molar-refractivity contribution >= 4 is 17.5 Å². The molecule has 0 aromatic carbocycles. The fraction of sp³-hybridized carbons (Fsp3) is 0.462. The van der Waals surface area contributed by atoms with Gasteiger partial charge < -0.3 is 14.9 Å². The van der Waals surface area contributed by atoms with E-state index in [1.165, 1.54) is 4.90 Å². The van der Waals surface area contributed by atoms with Crippen LogP contribution in [0.5, 0.6) is 0 Å². The number of carbonyl (C=O) groups is 1. The predicted octanol–water partition coefficient (Wildman–Crippen LogP) is 3.04. The molecule has 0 radical (unpaired) electrons. The molecule has 0 saturated carbocycles. The Balaban J connectivity index is 2.25. The van der Waals surface area contributed by atoms with Crippen LogP contribution in [-0.4, -0.2) is 34.8 Å². The number of aliphatic carboxylic acids is 1. The molecule has 1 aromatic rings. The van der Waals surface area contributed by atoms with Crippen molar-refractivity contribution in [2.75, 3.05) is 18.0 Å². The van der Waals surface area contributed by atoms with Crippen molar-refractivity contribution < 1.29 is 27.5 Å². The van der Waals surface area contributed by atoms with E-state index in [0.717, 1.165) is 12.3 Å². The lowest BCUT2D eigenvalue weighted by molar-refractivity contribution is -0.152. The molecule has 0 bridgehead atoms. The Bertz CT molecular complexity index is 631. The second kappa shape index (κ2) is 5.44. The molecule has 1 aromatic heterocycles. The maximum Gasteiger partial charge on any atom is 0.409 e. The molecule has 1 fully saturated rings. The number of hydrogen-bond donors (Lipinski definition) is 1. The van der Waals surface area contributed by atoms with Gasteiger partial charge in [-0.15, -0.1) is 4.98 Å². The van der Waals surface area contributed by atoms with E-state index in [0.29, 0.717) is 0 Å². The van der Waals surface area contributed by atoms with Gasteiger partial charge in [0.1, 0.15) is 6.20 Å². The van der Waals surface area contributed by atoms with E-state index < -0.39 is 29.2 Å². The highest BCUT2D eigenvalue weighted by atomic mass is 19.4. The number of halogens is 4. The minimum absolute atomic E-state index is 0.0425. The first-order valence-electron chi connectivity index (χ1n) is 6.29. The second-order valence-electron chi connectivity index (χ2n) is 4.93. The zero-order valence-electron chi connectivity index (χ0n) is 11.2. The van der Waals surface area contributed by atoms with Crippen molar-refractivity contribution in [3.05, 3.63) is 29.2 Å². The Morgan fingerprint density at radius 1 is 1.41 bits per heavy atom. The summed E-state index contributed by atoms with van der Waals surface area (Å²) in [4.78, 5) is 18.4. The van der Waals surface area contributed by atoms with Crippen LogP contribution in [-0.2, 0) is 11.0 Å². The highest BCUT2D eigenvalue weighted by Crippen LogP contribution is 2.38. The van der Waals surface area contributed by atoms with E-state index in [-0.39, 0.29) is 31.6 Å². The number of hydrogen-bond acceptors (Lipinski definition) is 3. The van der Waals surface area contributed by atoms with Crippen molar-refractivity contribution in [3.8, 4) is 0 Å². The van der Waals surface area contributed by atoms with Crippen LogP contribution >= 0.6 is 0 Å². The molecule has 2 rings (SSSR count). The van der Waals surface area contributed by atoms with E-state index in [1.54, 1.807) is 0 Å². The number of aromatic nitrogens is 1. The van der Waals surface area contributed by atoms with Crippen LogP contribution in [0, 0.1) is 6.57 Å². The van der Waals surface area contributed by atoms with E-state index in [2.05, 4.69) is 9.83 Å². The lowest BCUT2D eigenvalue weighted by Crippen LogP contribution is -2.46. The molecule has 9 heteroatoms. The van der Waals surface area contributed by atoms with Crippen molar-refractivity contribution in [1.82, 2.24) is 4.98 Å². The predicted molar refractivity (Wildman–Crippen MR) is 68.4 cm³/mol. The van der Waals surface area contributed by atoms with Crippen LogP contribution in [0.15, 0.2) is 12.3 Å². The summed E-state index contributed by atoms with van der Waals surface area (Å²) >= 11 is 0. The van der Waals surface area contributed by atoms with Crippen molar-refractivity contribution in [3.63, 3.8) is 0 Å². The standard InChI is InChI=1S/C13H11F4N3O2/c1-18-10-9(13(15,16)17)6-8(7-19-10)20-4-2-12(14,3-5-20)11(21)22/h6-7H,2-5H2,(H,21,22). The maximum atomic E-state index is 13.9. The smallest absolute Gasteiger partial charge is 0.409 e. The number of carboxylic acid groups (broad SMARTS) is 1. The van der Waals surface area contributed by atoms with Crippen LogP contribution in [0.25, 0.3) is 4.85 Å². The molecule has 0 aliphatic carbocycles. The topological polar surface area (TPSA) is 57.8 Å². The quantitative estimate of drug-likeness (QED) is 0.673. The van der Waals surface area contributed by atoms with Gasteiger partial charge in [-0.05, 0) is 6.07 Å². The molecule has 2 heterocycles. The van der Waals surface area contributed by atoms with Crippen LogP contribution < -0.4 is 4.90 Å². The number of alkyl halides is 4. The van der Waals surface area contributed by atoms with Gasteiger partial charge in [0.15, 0.2) is 0 Å². The molecular formula is C13H11F4N3O2.